The zero-order chi connectivity index (χ0) is 7.40. The summed E-state index contributed by atoms with van der Waals surface area (Å²) in [7, 11) is 0. The Bertz CT molecular complexity index is 149. The summed E-state index contributed by atoms with van der Waals surface area (Å²) in [6.45, 7) is 1.21. The Morgan fingerprint density at radius 2 is 2.60 bits per heavy atom. The quantitative estimate of drug-likeness (QED) is 0.515. The minimum atomic E-state index is -0.935. The van der Waals surface area contributed by atoms with Crippen LogP contribution < -0.4 is 5.32 Å². The van der Waals surface area contributed by atoms with Gasteiger partial charge in [-0.3, -0.25) is 5.32 Å². The van der Waals surface area contributed by atoms with Crippen LogP contribution in [-0.2, 0) is 9.53 Å². The molecule has 0 spiro atoms. The van der Waals surface area contributed by atoms with Crippen molar-refractivity contribution in [3.63, 3.8) is 0 Å². The molecule has 56 valence electrons. The Balaban J connectivity index is 2.29. The average Bonchev–Trinajstić information content (AvgIpc) is 2.34. The SMILES string of the molecule is O=C(O)C=CC1CNCO1. The zero-order valence-electron chi connectivity index (χ0n) is 5.41. The number of carboxylic acids is 1. The van der Waals surface area contributed by atoms with Crippen LogP contribution in [-0.4, -0.2) is 30.5 Å². The van der Waals surface area contributed by atoms with E-state index in [1.165, 1.54) is 6.08 Å². The molecule has 1 heterocycles. The van der Waals surface area contributed by atoms with Crippen LogP contribution in [0, 0.1) is 0 Å². The van der Waals surface area contributed by atoms with Gasteiger partial charge in [-0.1, -0.05) is 0 Å². The summed E-state index contributed by atoms with van der Waals surface area (Å²) < 4.78 is 5.04. The normalized spacial score (nSPS) is 25.8. The van der Waals surface area contributed by atoms with Crippen LogP contribution in [0.4, 0.5) is 0 Å². The van der Waals surface area contributed by atoms with Crippen molar-refractivity contribution in [2.24, 2.45) is 0 Å². The van der Waals surface area contributed by atoms with Gasteiger partial charge in [0.05, 0.1) is 12.8 Å². The van der Waals surface area contributed by atoms with Crippen molar-refractivity contribution in [3.8, 4) is 0 Å². The van der Waals surface area contributed by atoms with Gasteiger partial charge in [0.25, 0.3) is 0 Å². The summed E-state index contributed by atoms with van der Waals surface area (Å²) in [5, 5.41) is 11.1. The van der Waals surface area contributed by atoms with Crippen LogP contribution in [0.15, 0.2) is 12.2 Å². The predicted octanol–water partition coefficient (Wildman–Crippen LogP) is -0.427. The van der Waals surface area contributed by atoms with Crippen molar-refractivity contribution in [3.05, 3.63) is 12.2 Å². The molecule has 2 N–H and O–H groups in total. The van der Waals surface area contributed by atoms with Crippen molar-refractivity contribution >= 4 is 5.97 Å². The highest BCUT2D eigenvalue weighted by Gasteiger charge is 2.10. The fourth-order valence-electron chi connectivity index (χ4n) is 0.739. The Kier molecular flexibility index (Phi) is 2.42. The van der Waals surface area contributed by atoms with E-state index in [2.05, 4.69) is 5.32 Å². The molecule has 4 nitrogen and oxygen atoms in total. The molecule has 1 saturated heterocycles. The number of hydrogen-bond donors (Lipinski definition) is 2. The fourth-order valence-corrected chi connectivity index (χ4v) is 0.739. The molecule has 0 saturated carbocycles. The molecule has 0 radical (unpaired) electrons. The van der Waals surface area contributed by atoms with E-state index in [4.69, 9.17) is 9.84 Å². The minimum Gasteiger partial charge on any atom is -0.478 e. The van der Waals surface area contributed by atoms with Crippen molar-refractivity contribution in [1.82, 2.24) is 5.32 Å². The van der Waals surface area contributed by atoms with E-state index in [-0.39, 0.29) is 6.10 Å². The molecular formula is C6H9NO3. The number of hydrogen-bond acceptors (Lipinski definition) is 3. The van der Waals surface area contributed by atoms with E-state index in [1.54, 1.807) is 0 Å². The highest BCUT2D eigenvalue weighted by Crippen LogP contribution is 1.97. The maximum absolute atomic E-state index is 9.99. The van der Waals surface area contributed by atoms with Gasteiger partial charge >= 0.3 is 5.97 Å². The first kappa shape index (κ1) is 7.24. The van der Waals surface area contributed by atoms with Crippen molar-refractivity contribution in [1.29, 1.82) is 0 Å². The van der Waals surface area contributed by atoms with E-state index in [1.807, 2.05) is 0 Å². The molecule has 1 atom stereocenters. The van der Waals surface area contributed by atoms with Gasteiger partial charge in [0, 0.05) is 12.6 Å². The van der Waals surface area contributed by atoms with Crippen LogP contribution in [0.1, 0.15) is 0 Å². The summed E-state index contributed by atoms with van der Waals surface area (Å²) >= 11 is 0. The maximum Gasteiger partial charge on any atom is 0.328 e. The molecule has 0 aromatic rings. The van der Waals surface area contributed by atoms with Gasteiger partial charge in [-0.15, -0.1) is 0 Å². The van der Waals surface area contributed by atoms with Gasteiger partial charge in [0.15, 0.2) is 0 Å². The summed E-state index contributed by atoms with van der Waals surface area (Å²) in [5.41, 5.74) is 0. The number of carbonyl (C=O) groups is 1. The van der Waals surface area contributed by atoms with E-state index in [0.29, 0.717) is 13.3 Å². The number of ether oxygens (including phenoxy) is 1. The Morgan fingerprint density at radius 3 is 3.10 bits per heavy atom. The average molecular weight is 143 g/mol. The Morgan fingerprint density at radius 1 is 1.80 bits per heavy atom. The lowest BCUT2D eigenvalue weighted by molar-refractivity contribution is -0.131. The van der Waals surface area contributed by atoms with Crippen LogP contribution >= 0.6 is 0 Å². The van der Waals surface area contributed by atoms with Crippen LogP contribution in [0.25, 0.3) is 0 Å². The molecule has 1 unspecified atom stereocenters. The molecule has 4 heteroatoms. The third kappa shape index (κ3) is 2.16. The highest BCUT2D eigenvalue weighted by molar-refractivity contribution is 5.79. The fraction of sp³-hybridized carbons (Fsp3) is 0.500. The third-order valence-corrected chi connectivity index (χ3v) is 1.20. The number of rotatable bonds is 2. The Hall–Kier alpha value is -0.870. The van der Waals surface area contributed by atoms with Crippen LogP contribution in [0.5, 0.6) is 0 Å². The first-order valence-corrected chi connectivity index (χ1v) is 3.02. The van der Waals surface area contributed by atoms with Gasteiger partial charge in [-0.05, 0) is 6.08 Å². The van der Waals surface area contributed by atoms with E-state index in [0.717, 1.165) is 6.08 Å². The highest BCUT2D eigenvalue weighted by atomic mass is 16.5. The molecule has 0 aromatic heterocycles. The van der Waals surface area contributed by atoms with Gasteiger partial charge in [0.2, 0.25) is 0 Å². The summed E-state index contributed by atoms with van der Waals surface area (Å²) in [5.74, 6) is -0.935. The molecule has 0 aromatic carbocycles. The molecule has 0 aliphatic carbocycles. The van der Waals surface area contributed by atoms with Crippen molar-refractivity contribution < 1.29 is 14.6 Å². The predicted molar refractivity (Wildman–Crippen MR) is 34.5 cm³/mol. The second-order valence-electron chi connectivity index (χ2n) is 2.00. The van der Waals surface area contributed by atoms with Crippen LogP contribution in [0.3, 0.4) is 0 Å². The van der Waals surface area contributed by atoms with E-state index < -0.39 is 5.97 Å². The number of nitrogens with one attached hydrogen (secondary N) is 1. The second kappa shape index (κ2) is 3.34. The third-order valence-electron chi connectivity index (χ3n) is 1.20. The molecule has 1 aliphatic heterocycles. The molecule has 10 heavy (non-hydrogen) atoms. The molecule has 0 amide bonds. The van der Waals surface area contributed by atoms with Crippen molar-refractivity contribution in [2.75, 3.05) is 13.3 Å². The summed E-state index contributed by atoms with van der Waals surface area (Å²) in [6, 6.07) is 0. The minimum absolute atomic E-state index is 0.0731. The van der Waals surface area contributed by atoms with Crippen LogP contribution in [0.2, 0.25) is 0 Å². The summed E-state index contributed by atoms with van der Waals surface area (Å²) in [6.07, 6.45) is 2.55. The molecule has 0 bridgehead atoms. The van der Waals surface area contributed by atoms with E-state index in [9.17, 15) is 4.79 Å². The standard InChI is InChI=1S/C6H9NO3/c8-6(9)2-1-5-3-7-4-10-5/h1-2,5,7H,3-4H2,(H,8,9). The van der Waals surface area contributed by atoms with Gasteiger partial charge in [-0.2, -0.15) is 0 Å². The first-order valence-electron chi connectivity index (χ1n) is 3.02. The second-order valence-corrected chi connectivity index (χ2v) is 2.00. The molecule has 1 fully saturated rings. The van der Waals surface area contributed by atoms with Gasteiger partial charge < -0.3 is 9.84 Å². The van der Waals surface area contributed by atoms with E-state index >= 15 is 0 Å². The molecular weight excluding hydrogens is 134 g/mol. The lowest BCUT2D eigenvalue weighted by Crippen LogP contribution is -2.11. The number of aliphatic carboxylic acids is 1. The topological polar surface area (TPSA) is 58.6 Å². The summed E-state index contributed by atoms with van der Waals surface area (Å²) in [4.78, 5) is 9.99. The number of carboxylic acid groups (broad SMARTS) is 1. The Labute approximate surface area is 58.5 Å². The van der Waals surface area contributed by atoms with Crippen molar-refractivity contribution in [2.45, 2.75) is 6.10 Å². The zero-order valence-corrected chi connectivity index (χ0v) is 5.41. The first-order chi connectivity index (χ1) is 4.79. The molecule has 1 aliphatic rings. The smallest absolute Gasteiger partial charge is 0.328 e. The van der Waals surface area contributed by atoms with Gasteiger partial charge in [-0.25, -0.2) is 4.79 Å². The monoisotopic (exact) mass is 143 g/mol. The molecule has 1 rings (SSSR count). The largest absolute Gasteiger partial charge is 0.478 e. The van der Waals surface area contributed by atoms with Gasteiger partial charge in [0.1, 0.15) is 0 Å². The maximum atomic E-state index is 9.99. The lowest BCUT2D eigenvalue weighted by atomic mass is 10.3. The lowest BCUT2D eigenvalue weighted by Gasteiger charge is -1.97.